The zero-order valence-electron chi connectivity index (χ0n) is 5.98. The molecule has 1 rings (SSSR count). The minimum Gasteiger partial charge on any atom is -0.464 e. The topological polar surface area (TPSA) is 56.3 Å². The van der Waals surface area contributed by atoms with Gasteiger partial charge in [0.1, 0.15) is 5.76 Å². The third kappa shape index (κ3) is 1.93. The Labute approximate surface area is 63.3 Å². The normalized spacial score (nSPS) is 11.5. The molecule has 0 atom stereocenters. The molecular weight excluding hydrogens is 146 g/mol. The van der Waals surface area contributed by atoms with Gasteiger partial charge in [0.15, 0.2) is 0 Å². The summed E-state index contributed by atoms with van der Waals surface area (Å²) >= 11 is 0. The fourth-order valence-corrected chi connectivity index (χ4v) is 0.725. The average molecular weight is 153 g/mol. The molecule has 58 valence electrons. The van der Waals surface area contributed by atoms with Crippen LogP contribution in [-0.4, -0.2) is 4.92 Å². The van der Waals surface area contributed by atoms with Gasteiger partial charge in [-0.05, 0) is 19.1 Å². The Morgan fingerprint density at radius 2 is 2.55 bits per heavy atom. The molecule has 0 aliphatic heterocycles. The molecule has 4 nitrogen and oxygen atoms in total. The van der Waals surface area contributed by atoms with E-state index < -0.39 is 4.92 Å². The SMILES string of the molecule is CC(=C[N+](=O)[O-])c1ccco1. The molecule has 0 spiro atoms. The molecule has 1 aromatic heterocycles. The van der Waals surface area contributed by atoms with E-state index in [0.717, 1.165) is 6.20 Å². The van der Waals surface area contributed by atoms with Gasteiger partial charge in [0.25, 0.3) is 0 Å². The Bertz CT molecular complexity index is 274. The summed E-state index contributed by atoms with van der Waals surface area (Å²) < 4.78 is 4.92. The smallest absolute Gasteiger partial charge is 0.241 e. The number of furan rings is 1. The van der Waals surface area contributed by atoms with E-state index in [4.69, 9.17) is 4.42 Å². The number of rotatable bonds is 2. The first-order valence-electron chi connectivity index (χ1n) is 3.06. The Kier molecular flexibility index (Phi) is 2.06. The van der Waals surface area contributed by atoms with Gasteiger partial charge in [-0.2, -0.15) is 0 Å². The van der Waals surface area contributed by atoms with Crippen molar-refractivity contribution in [2.45, 2.75) is 6.92 Å². The molecule has 0 amide bonds. The second kappa shape index (κ2) is 3.01. The molecule has 0 N–H and O–H groups in total. The largest absolute Gasteiger partial charge is 0.464 e. The van der Waals surface area contributed by atoms with E-state index in [1.807, 2.05) is 0 Å². The highest BCUT2D eigenvalue weighted by Crippen LogP contribution is 2.12. The molecule has 1 aromatic rings. The van der Waals surface area contributed by atoms with Crippen molar-refractivity contribution in [1.29, 1.82) is 0 Å². The molecule has 0 fully saturated rings. The summed E-state index contributed by atoms with van der Waals surface area (Å²) in [7, 11) is 0. The first-order chi connectivity index (χ1) is 5.20. The number of nitro groups is 1. The highest BCUT2D eigenvalue weighted by atomic mass is 16.6. The van der Waals surface area contributed by atoms with Crippen molar-refractivity contribution in [2.24, 2.45) is 0 Å². The van der Waals surface area contributed by atoms with Crippen LogP contribution >= 0.6 is 0 Å². The monoisotopic (exact) mass is 153 g/mol. The van der Waals surface area contributed by atoms with E-state index in [1.165, 1.54) is 6.26 Å². The van der Waals surface area contributed by atoms with Gasteiger partial charge in [-0.15, -0.1) is 0 Å². The van der Waals surface area contributed by atoms with Gasteiger partial charge < -0.3 is 4.42 Å². The van der Waals surface area contributed by atoms with Crippen LogP contribution in [0.3, 0.4) is 0 Å². The van der Waals surface area contributed by atoms with Crippen molar-refractivity contribution in [2.75, 3.05) is 0 Å². The molecule has 0 saturated carbocycles. The maximum Gasteiger partial charge on any atom is 0.241 e. The molecular formula is C7H7NO3. The van der Waals surface area contributed by atoms with Crippen molar-refractivity contribution in [3.8, 4) is 0 Å². The van der Waals surface area contributed by atoms with E-state index >= 15 is 0 Å². The van der Waals surface area contributed by atoms with Crippen LogP contribution in [0.25, 0.3) is 5.57 Å². The zero-order chi connectivity index (χ0) is 8.27. The third-order valence-corrected chi connectivity index (χ3v) is 1.21. The lowest BCUT2D eigenvalue weighted by molar-refractivity contribution is -0.401. The Morgan fingerprint density at radius 3 is 3.00 bits per heavy atom. The van der Waals surface area contributed by atoms with Crippen LogP contribution in [0.1, 0.15) is 12.7 Å². The lowest BCUT2D eigenvalue weighted by Crippen LogP contribution is -1.85. The molecule has 1 heterocycles. The minimum absolute atomic E-state index is 0.502. The molecule has 4 heteroatoms. The van der Waals surface area contributed by atoms with E-state index in [9.17, 15) is 10.1 Å². The first kappa shape index (κ1) is 7.53. The lowest BCUT2D eigenvalue weighted by atomic mass is 10.2. The molecule has 0 bridgehead atoms. The van der Waals surface area contributed by atoms with Gasteiger partial charge >= 0.3 is 0 Å². The highest BCUT2D eigenvalue weighted by molar-refractivity contribution is 5.57. The zero-order valence-corrected chi connectivity index (χ0v) is 5.98. The van der Waals surface area contributed by atoms with Crippen LogP contribution in [0.2, 0.25) is 0 Å². The highest BCUT2D eigenvalue weighted by Gasteiger charge is 2.01. The number of nitrogens with zero attached hydrogens (tertiary/aromatic N) is 1. The molecule has 11 heavy (non-hydrogen) atoms. The van der Waals surface area contributed by atoms with Gasteiger partial charge in [-0.3, -0.25) is 10.1 Å². The second-order valence-corrected chi connectivity index (χ2v) is 2.07. The van der Waals surface area contributed by atoms with Crippen LogP contribution in [0.15, 0.2) is 29.0 Å². The van der Waals surface area contributed by atoms with Gasteiger partial charge in [0.05, 0.1) is 16.8 Å². The summed E-state index contributed by atoms with van der Waals surface area (Å²) in [6, 6.07) is 3.36. The summed E-state index contributed by atoms with van der Waals surface area (Å²) in [6.45, 7) is 1.63. The van der Waals surface area contributed by atoms with Gasteiger partial charge in [-0.25, -0.2) is 0 Å². The van der Waals surface area contributed by atoms with Crippen LogP contribution in [-0.2, 0) is 0 Å². The average Bonchev–Trinajstić information content (AvgIpc) is 2.35. The summed E-state index contributed by atoms with van der Waals surface area (Å²) in [4.78, 5) is 9.49. The lowest BCUT2D eigenvalue weighted by Gasteiger charge is -1.88. The van der Waals surface area contributed by atoms with E-state index in [2.05, 4.69) is 0 Å². The van der Waals surface area contributed by atoms with Crippen molar-refractivity contribution < 1.29 is 9.34 Å². The Morgan fingerprint density at radius 1 is 1.82 bits per heavy atom. The van der Waals surface area contributed by atoms with Crippen molar-refractivity contribution in [3.63, 3.8) is 0 Å². The second-order valence-electron chi connectivity index (χ2n) is 2.07. The number of hydrogen-bond donors (Lipinski definition) is 0. The first-order valence-corrected chi connectivity index (χ1v) is 3.06. The maximum atomic E-state index is 9.99. The Balaban J connectivity index is 2.86. The van der Waals surface area contributed by atoms with Crippen molar-refractivity contribution in [1.82, 2.24) is 0 Å². The Hall–Kier alpha value is -1.58. The van der Waals surface area contributed by atoms with Gasteiger partial charge in [0.2, 0.25) is 6.20 Å². The summed E-state index contributed by atoms with van der Waals surface area (Å²) in [6.07, 6.45) is 2.39. The van der Waals surface area contributed by atoms with Crippen LogP contribution in [0.4, 0.5) is 0 Å². The van der Waals surface area contributed by atoms with Gasteiger partial charge in [-0.1, -0.05) is 0 Å². The molecule has 0 radical (unpaired) electrons. The maximum absolute atomic E-state index is 9.99. The minimum atomic E-state index is -0.502. The summed E-state index contributed by atoms with van der Waals surface area (Å²) in [5, 5.41) is 9.99. The third-order valence-electron chi connectivity index (χ3n) is 1.21. The molecule has 0 aliphatic rings. The van der Waals surface area contributed by atoms with Crippen molar-refractivity contribution >= 4 is 5.57 Å². The van der Waals surface area contributed by atoms with Crippen LogP contribution in [0, 0.1) is 10.1 Å². The standard InChI is InChI=1S/C7H7NO3/c1-6(5-8(9)10)7-3-2-4-11-7/h2-5H,1H3. The molecule has 0 aromatic carbocycles. The van der Waals surface area contributed by atoms with E-state index in [1.54, 1.807) is 19.1 Å². The number of allylic oxidation sites excluding steroid dienone is 1. The predicted molar refractivity (Wildman–Crippen MR) is 39.4 cm³/mol. The van der Waals surface area contributed by atoms with Crippen LogP contribution < -0.4 is 0 Å². The summed E-state index contributed by atoms with van der Waals surface area (Å²) in [5.41, 5.74) is 0.514. The van der Waals surface area contributed by atoms with Gasteiger partial charge in [0, 0.05) is 0 Å². The fraction of sp³-hybridized carbons (Fsp3) is 0.143. The van der Waals surface area contributed by atoms with Crippen molar-refractivity contribution in [3.05, 3.63) is 40.5 Å². The van der Waals surface area contributed by atoms with E-state index in [-0.39, 0.29) is 0 Å². The summed E-state index contributed by atoms with van der Waals surface area (Å²) in [5.74, 6) is 0.529. The predicted octanol–water partition coefficient (Wildman–Crippen LogP) is 1.92. The number of hydrogen-bond acceptors (Lipinski definition) is 3. The molecule has 0 aliphatic carbocycles. The molecule has 0 unspecified atom stereocenters. The molecule has 0 saturated heterocycles. The fourth-order valence-electron chi connectivity index (χ4n) is 0.725. The quantitative estimate of drug-likeness (QED) is 0.481. The van der Waals surface area contributed by atoms with E-state index in [0.29, 0.717) is 11.3 Å². The van der Waals surface area contributed by atoms with Crippen LogP contribution in [0.5, 0.6) is 0 Å².